The van der Waals surface area contributed by atoms with E-state index < -0.39 is 17.8 Å². The van der Waals surface area contributed by atoms with Gasteiger partial charge in [0.15, 0.2) is 0 Å². The molecule has 1 aliphatic heterocycles. The molecule has 0 unspecified atom stereocenters. The number of benzene rings is 3. The summed E-state index contributed by atoms with van der Waals surface area (Å²) in [5.74, 6) is -1.30. The number of carbonyl (C=O) groups excluding carboxylic acids is 3. The molecule has 0 atom stereocenters. The van der Waals surface area contributed by atoms with Crippen molar-refractivity contribution in [2.24, 2.45) is 0 Å². The molecule has 0 spiro atoms. The topological polar surface area (TPSA) is 75.7 Å². The number of halogens is 1. The molecule has 1 heterocycles. The van der Waals surface area contributed by atoms with Gasteiger partial charge in [0.05, 0.1) is 5.69 Å². The Morgan fingerprint density at radius 2 is 1.72 bits per heavy atom. The van der Waals surface area contributed by atoms with Crippen molar-refractivity contribution in [1.29, 1.82) is 0 Å². The fraction of sp³-hybridized carbons (Fsp3) is 0.0800. The number of aryl methyl sites for hydroxylation is 1. The smallest absolute Gasteiger partial charge is 0.335 e. The quantitative estimate of drug-likeness (QED) is 0.482. The summed E-state index contributed by atoms with van der Waals surface area (Å²) in [6.45, 7) is 1.91. The highest BCUT2D eigenvalue weighted by molar-refractivity contribution is 6.39. The van der Waals surface area contributed by atoms with Crippen LogP contribution in [0.4, 0.5) is 14.9 Å². The number of nitrogens with one attached hydrogen (secondary N) is 1. The number of ether oxygens (including phenoxy) is 1. The minimum Gasteiger partial charge on any atom is -0.489 e. The van der Waals surface area contributed by atoms with Crippen LogP contribution >= 0.6 is 0 Å². The fourth-order valence-corrected chi connectivity index (χ4v) is 3.26. The molecule has 0 aromatic heterocycles. The second-order valence-corrected chi connectivity index (χ2v) is 7.25. The summed E-state index contributed by atoms with van der Waals surface area (Å²) in [5, 5.41) is 2.20. The lowest BCUT2D eigenvalue weighted by Crippen LogP contribution is -2.54. The number of hydrogen-bond donors (Lipinski definition) is 1. The highest BCUT2D eigenvalue weighted by Crippen LogP contribution is 2.23. The molecule has 0 aliphatic carbocycles. The van der Waals surface area contributed by atoms with Crippen molar-refractivity contribution in [3.63, 3.8) is 0 Å². The van der Waals surface area contributed by atoms with Crippen molar-refractivity contribution < 1.29 is 23.5 Å². The van der Waals surface area contributed by atoms with E-state index in [1.165, 1.54) is 12.1 Å². The Morgan fingerprint density at radius 1 is 0.969 bits per heavy atom. The van der Waals surface area contributed by atoms with Gasteiger partial charge in [0.2, 0.25) is 0 Å². The lowest BCUT2D eigenvalue weighted by Gasteiger charge is -2.26. The van der Waals surface area contributed by atoms with Gasteiger partial charge in [-0.15, -0.1) is 0 Å². The molecule has 1 saturated heterocycles. The van der Waals surface area contributed by atoms with Crippen LogP contribution in [0.5, 0.6) is 5.75 Å². The molecule has 1 fully saturated rings. The molecule has 7 heteroatoms. The second kappa shape index (κ2) is 8.85. The minimum atomic E-state index is -0.792. The Hall–Kier alpha value is -4.26. The van der Waals surface area contributed by atoms with Crippen LogP contribution in [0, 0.1) is 12.7 Å². The SMILES string of the molecule is Cc1cccc(N2C(=O)NC(=O)/C(=C\c3ccc(OCc4ccccc4F)cc3)C2=O)c1. The van der Waals surface area contributed by atoms with E-state index in [4.69, 9.17) is 4.74 Å². The third kappa shape index (κ3) is 4.41. The van der Waals surface area contributed by atoms with Gasteiger partial charge in [-0.3, -0.25) is 14.9 Å². The van der Waals surface area contributed by atoms with Crippen molar-refractivity contribution in [3.8, 4) is 5.75 Å². The Morgan fingerprint density at radius 3 is 2.44 bits per heavy atom. The van der Waals surface area contributed by atoms with Gasteiger partial charge < -0.3 is 4.74 Å². The van der Waals surface area contributed by atoms with Gasteiger partial charge in [-0.05, 0) is 54.5 Å². The molecular weight excluding hydrogens is 411 g/mol. The van der Waals surface area contributed by atoms with Crippen LogP contribution in [0.3, 0.4) is 0 Å². The molecule has 6 nitrogen and oxygen atoms in total. The number of anilines is 1. The molecule has 1 aliphatic rings. The maximum Gasteiger partial charge on any atom is 0.335 e. The van der Waals surface area contributed by atoms with Crippen molar-refractivity contribution in [2.45, 2.75) is 13.5 Å². The van der Waals surface area contributed by atoms with E-state index in [0.29, 0.717) is 22.6 Å². The van der Waals surface area contributed by atoms with E-state index in [1.807, 2.05) is 13.0 Å². The summed E-state index contributed by atoms with van der Waals surface area (Å²) in [4.78, 5) is 38.5. The Bertz CT molecular complexity index is 1230. The number of rotatable bonds is 5. The Labute approximate surface area is 183 Å². The van der Waals surface area contributed by atoms with Gasteiger partial charge in [0.1, 0.15) is 23.7 Å². The van der Waals surface area contributed by atoms with Gasteiger partial charge >= 0.3 is 6.03 Å². The first kappa shape index (κ1) is 21.0. The van der Waals surface area contributed by atoms with Gasteiger partial charge in [-0.25, -0.2) is 14.1 Å². The monoisotopic (exact) mass is 430 g/mol. The average Bonchev–Trinajstić information content (AvgIpc) is 2.77. The lowest BCUT2D eigenvalue weighted by molar-refractivity contribution is -0.122. The normalized spacial score (nSPS) is 15.1. The van der Waals surface area contributed by atoms with Crippen molar-refractivity contribution in [3.05, 3.63) is 101 Å². The van der Waals surface area contributed by atoms with Gasteiger partial charge in [0, 0.05) is 5.56 Å². The molecule has 32 heavy (non-hydrogen) atoms. The van der Waals surface area contributed by atoms with Crippen molar-refractivity contribution in [2.75, 3.05) is 4.90 Å². The molecule has 3 aromatic rings. The van der Waals surface area contributed by atoms with E-state index in [9.17, 15) is 18.8 Å². The van der Waals surface area contributed by atoms with E-state index in [2.05, 4.69) is 5.32 Å². The zero-order valence-electron chi connectivity index (χ0n) is 17.2. The summed E-state index contributed by atoms with van der Waals surface area (Å²) in [6.07, 6.45) is 1.41. The average molecular weight is 430 g/mol. The van der Waals surface area contributed by atoms with Crippen LogP contribution in [-0.2, 0) is 16.2 Å². The highest BCUT2D eigenvalue weighted by atomic mass is 19.1. The van der Waals surface area contributed by atoms with Crippen LogP contribution in [0.15, 0.2) is 78.4 Å². The molecule has 3 aromatic carbocycles. The van der Waals surface area contributed by atoms with E-state index in [0.717, 1.165) is 10.5 Å². The van der Waals surface area contributed by atoms with Crippen LogP contribution in [0.25, 0.3) is 6.08 Å². The maximum atomic E-state index is 13.7. The lowest BCUT2D eigenvalue weighted by atomic mass is 10.1. The zero-order chi connectivity index (χ0) is 22.7. The first-order valence-corrected chi connectivity index (χ1v) is 9.87. The number of carbonyl (C=O) groups is 3. The molecular formula is C25H19FN2O4. The second-order valence-electron chi connectivity index (χ2n) is 7.25. The number of amides is 4. The molecule has 160 valence electrons. The van der Waals surface area contributed by atoms with Gasteiger partial charge in [-0.2, -0.15) is 0 Å². The molecule has 1 N–H and O–H groups in total. The predicted octanol–water partition coefficient (Wildman–Crippen LogP) is 4.38. The summed E-state index contributed by atoms with van der Waals surface area (Å²) in [6, 6.07) is 19.1. The predicted molar refractivity (Wildman–Crippen MR) is 117 cm³/mol. The molecule has 0 saturated carbocycles. The van der Waals surface area contributed by atoms with Crippen molar-refractivity contribution >= 4 is 29.6 Å². The van der Waals surface area contributed by atoms with Gasteiger partial charge in [0.25, 0.3) is 11.8 Å². The largest absolute Gasteiger partial charge is 0.489 e. The molecule has 4 amide bonds. The fourth-order valence-electron chi connectivity index (χ4n) is 3.26. The first-order valence-electron chi connectivity index (χ1n) is 9.87. The number of hydrogen-bond acceptors (Lipinski definition) is 4. The van der Waals surface area contributed by atoms with Crippen molar-refractivity contribution in [1.82, 2.24) is 5.32 Å². The zero-order valence-corrected chi connectivity index (χ0v) is 17.2. The third-order valence-corrected chi connectivity index (χ3v) is 4.90. The maximum absolute atomic E-state index is 13.7. The van der Waals surface area contributed by atoms with E-state index >= 15 is 0 Å². The highest BCUT2D eigenvalue weighted by Gasteiger charge is 2.36. The molecule has 0 bridgehead atoms. The van der Waals surface area contributed by atoms with Gasteiger partial charge in [-0.1, -0.05) is 42.5 Å². The molecule has 0 radical (unpaired) electrons. The Balaban J connectivity index is 1.53. The van der Waals surface area contributed by atoms with Crippen LogP contribution in [-0.4, -0.2) is 17.8 Å². The van der Waals surface area contributed by atoms with Crippen LogP contribution < -0.4 is 15.0 Å². The third-order valence-electron chi connectivity index (χ3n) is 4.90. The summed E-state index contributed by atoms with van der Waals surface area (Å²) >= 11 is 0. The van der Waals surface area contributed by atoms with Crippen LogP contribution in [0.1, 0.15) is 16.7 Å². The standard InChI is InChI=1S/C25H19FN2O4/c1-16-5-4-7-19(13-16)28-24(30)21(23(29)27-25(28)31)14-17-9-11-20(12-10-17)32-15-18-6-2-3-8-22(18)26/h2-14H,15H2,1H3,(H,27,29,31)/b21-14+. The number of barbiturate groups is 1. The number of imide groups is 2. The summed E-state index contributed by atoms with van der Waals surface area (Å²) in [7, 11) is 0. The molecule has 4 rings (SSSR count). The minimum absolute atomic E-state index is 0.0710. The summed E-state index contributed by atoms with van der Waals surface area (Å²) < 4.78 is 19.3. The van der Waals surface area contributed by atoms with E-state index in [-0.39, 0.29) is 18.0 Å². The number of nitrogens with zero attached hydrogens (tertiary/aromatic N) is 1. The summed E-state index contributed by atoms with van der Waals surface area (Å²) in [5.41, 5.74) is 2.09. The first-order chi connectivity index (χ1) is 15.4. The number of urea groups is 1. The van der Waals surface area contributed by atoms with Crippen LogP contribution in [0.2, 0.25) is 0 Å². The van der Waals surface area contributed by atoms with E-state index in [1.54, 1.807) is 60.7 Å². The Kier molecular flexibility index (Phi) is 5.81.